The van der Waals surface area contributed by atoms with Gasteiger partial charge in [-0.2, -0.15) is 0 Å². The molecule has 2 rings (SSSR count). The van der Waals surface area contributed by atoms with E-state index in [9.17, 15) is 9.59 Å². The molecule has 0 aromatic carbocycles. The van der Waals surface area contributed by atoms with Crippen LogP contribution in [0.2, 0.25) is 0 Å². The van der Waals surface area contributed by atoms with Crippen LogP contribution in [0.1, 0.15) is 29.0 Å². The minimum atomic E-state index is -1.08. The Bertz CT molecular complexity index is 489. The Labute approximate surface area is 104 Å². The SMILES string of the molecule is Cc1ncc(C(=O)O)c(NCC2CCC(=O)N2)n1. The van der Waals surface area contributed by atoms with Crippen molar-refractivity contribution in [2.45, 2.75) is 25.8 Å². The fraction of sp³-hybridized carbons (Fsp3) is 0.455. The van der Waals surface area contributed by atoms with E-state index in [1.165, 1.54) is 6.20 Å². The molecule has 7 nitrogen and oxygen atoms in total. The number of carboxylic acid groups (broad SMARTS) is 1. The van der Waals surface area contributed by atoms with Crippen LogP contribution in [-0.4, -0.2) is 39.5 Å². The Morgan fingerprint density at radius 3 is 3.06 bits per heavy atom. The number of carbonyl (C=O) groups excluding carboxylic acids is 1. The van der Waals surface area contributed by atoms with Crippen LogP contribution in [0.3, 0.4) is 0 Å². The zero-order valence-electron chi connectivity index (χ0n) is 9.93. The number of aryl methyl sites for hydroxylation is 1. The van der Waals surface area contributed by atoms with Crippen LogP contribution < -0.4 is 10.6 Å². The lowest BCUT2D eigenvalue weighted by Crippen LogP contribution is -2.32. The molecule has 2 heterocycles. The van der Waals surface area contributed by atoms with Gasteiger partial charge < -0.3 is 15.7 Å². The average molecular weight is 250 g/mol. The summed E-state index contributed by atoms with van der Waals surface area (Å²) in [4.78, 5) is 29.9. The minimum absolute atomic E-state index is 0.0226. The van der Waals surface area contributed by atoms with Crippen molar-refractivity contribution in [3.63, 3.8) is 0 Å². The van der Waals surface area contributed by atoms with Gasteiger partial charge in [0.1, 0.15) is 17.2 Å². The molecule has 1 unspecified atom stereocenters. The van der Waals surface area contributed by atoms with Crippen LogP contribution in [0.5, 0.6) is 0 Å². The topological polar surface area (TPSA) is 104 Å². The summed E-state index contributed by atoms with van der Waals surface area (Å²) in [7, 11) is 0. The number of amides is 1. The lowest BCUT2D eigenvalue weighted by Gasteiger charge is -2.13. The highest BCUT2D eigenvalue weighted by atomic mass is 16.4. The van der Waals surface area contributed by atoms with Gasteiger partial charge in [-0.3, -0.25) is 4.79 Å². The van der Waals surface area contributed by atoms with E-state index in [1.54, 1.807) is 6.92 Å². The molecule has 18 heavy (non-hydrogen) atoms. The molecule has 1 aliphatic heterocycles. The molecule has 1 saturated heterocycles. The maximum Gasteiger partial charge on any atom is 0.341 e. The molecule has 0 spiro atoms. The number of aromatic carboxylic acids is 1. The highest BCUT2D eigenvalue weighted by Crippen LogP contribution is 2.13. The van der Waals surface area contributed by atoms with Crippen molar-refractivity contribution in [2.75, 3.05) is 11.9 Å². The van der Waals surface area contributed by atoms with E-state index >= 15 is 0 Å². The van der Waals surface area contributed by atoms with E-state index < -0.39 is 5.97 Å². The summed E-state index contributed by atoms with van der Waals surface area (Å²) in [5.74, 6) is -0.263. The van der Waals surface area contributed by atoms with Crippen molar-refractivity contribution in [2.24, 2.45) is 0 Å². The van der Waals surface area contributed by atoms with Gasteiger partial charge in [-0.15, -0.1) is 0 Å². The predicted octanol–water partition coefficient (Wildman–Crippen LogP) is 0.174. The van der Waals surface area contributed by atoms with Crippen LogP contribution in [-0.2, 0) is 4.79 Å². The fourth-order valence-electron chi connectivity index (χ4n) is 1.81. The molecule has 1 fully saturated rings. The van der Waals surface area contributed by atoms with Crippen molar-refractivity contribution >= 4 is 17.7 Å². The van der Waals surface area contributed by atoms with Crippen molar-refractivity contribution in [1.82, 2.24) is 15.3 Å². The summed E-state index contributed by atoms with van der Waals surface area (Å²) < 4.78 is 0. The number of nitrogens with zero attached hydrogens (tertiary/aromatic N) is 2. The number of aromatic nitrogens is 2. The Balaban J connectivity index is 2.06. The summed E-state index contributed by atoms with van der Waals surface area (Å²) in [6.45, 7) is 2.15. The molecular formula is C11H14N4O3. The van der Waals surface area contributed by atoms with Crippen LogP contribution in [0.4, 0.5) is 5.82 Å². The van der Waals surface area contributed by atoms with Crippen LogP contribution in [0.15, 0.2) is 6.20 Å². The molecule has 0 radical (unpaired) electrons. The molecule has 1 aliphatic rings. The summed E-state index contributed by atoms with van der Waals surface area (Å²) in [5, 5.41) is 14.7. The maximum atomic E-state index is 11.0. The predicted molar refractivity (Wildman–Crippen MR) is 63.4 cm³/mol. The number of rotatable bonds is 4. The average Bonchev–Trinajstić information content (AvgIpc) is 2.72. The Morgan fingerprint density at radius 1 is 1.67 bits per heavy atom. The quantitative estimate of drug-likeness (QED) is 0.703. The third-order valence-electron chi connectivity index (χ3n) is 2.74. The van der Waals surface area contributed by atoms with Crippen LogP contribution >= 0.6 is 0 Å². The normalized spacial score (nSPS) is 18.5. The van der Waals surface area contributed by atoms with Crippen molar-refractivity contribution in [3.8, 4) is 0 Å². The van der Waals surface area contributed by atoms with E-state index in [0.29, 0.717) is 18.8 Å². The highest BCUT2D eigenvalue weighted by molar-refractivity contribution is 5.92. The van der Waals surface area contributed by atoms with Gasteiger partial charge in [0, 0.05) is 25.2 Å². The molecule has 1 amide bonds. The summed E-state index contributed by atoms with van der Waals surface area (Å²) in [6.07, 6.45) is 2.54. The molecular weight excluding hydrogens is 236 g/mol. The number of carbonyl (C=O) groups is 2. The number of hydrogen-bond acceptors (Lipinski definition) is 5. The third kappa shape index (κ3) is 2.73. The first-order valence-electron chi connectivity index (χ1n) is 5.66. The molecule has 1 aromatic heterocycles. The second kappa shape index (κ2) is 4.99. The molecule has 7 heteroatoms. The Morgan fingerprint density at radius 2 is 2.44 bits per heavy atom. The number of hydrogen-bond donors (Lipinski definition) is 3. The standard InChI is InChI=1S/C11H14N4O3/c1-6-12-5-8(11(17)18)10(14-6)13-4-7-2-3-9(16)15-7/h5,7H,2-4H2,1H3,(H,15,16)(H,17,18)(H,12,13,14). The lowest BCUT2D eigenvalue weighted by atomic mass is 10.2. The Kier molecular flexibility index (Phi) is 3.40. The van der Waals surface area contributed by atoms with Gasteiger partial charge in [0.05, 0.1) is 0 Å². The van der Waals surface area contributed by atoms with E-state index in [4.69, 9.17) is 5.11 Å². The number of carboxylic acids is 1. The largest absolute Gasteiger partial charge is 0.477 e. The molecule has 3 N–H and O–H groups in total. The third-order valence-corrected chi connectivity index (χ3v) is 2.74. The van der Waals surface area contributed by atoms with Crippen LogP contribution in [0.25, 0.3) is 0 Å². The first kappa shape index (κ1) is 12.3. The first-order valence-corrected chi connectivity index (χ1v) is 5.66. The van der Waals surface area contributed by atoms with E-state index in [0.717, 1.165) is 6.42 Å². The summed E-state index contributed by atoms with van der Waals surface area (Å²) >= 11 is 0. The zero-order valence-corrected chi connectivity index (χ0v) is 9.93. The Hall–Kier alpha value is -2.18. The van der Waals surface area contributed by atoms with Gasteiger partial charge in [-0.25, -0.2) is 14.8 Å². The van der Waals surface area contributed by atoms with Gasteiger partial charge in [0.15, 0.2) is 0 Å². The summed E-state index contributed by atoms with van der Waals surface area (Å²) in [5.41, 5.74) is 0.0323. The van der Waals surface area contributed by atoms with Gasteiger partial charge >= 0.3 is 5.97 Å². The van der Waals surface area contributed by atoms with E-state index in [-0.39, 0.29) is 23.3 Å². The summed E-state index contributed by atoms with van der Waals surface area (Å²) in [6, 6.07) is 0.0226. The number of anilines is 1. The monoisotopic (exact) mass is 250 g/mol. The van der Waals surface area contributed by atoms with E-state index in [2.05, 4.69) is 20.6 Å². The van der Waals surface area contributed by atoms with Gasteiger partial charge in [0.25, 0.3) is 0 Å². The molecule has 0 bridgehead atoms. The van der Waals surface area contributed by atoms with Crippen molar-refractivity contribution in [1.29, 1.82) is 0 Å². The van der Waals surface area contributed by atoms with Gasteiger partial charge in [-0.1, -0.05) is 0 Å². The second-order valence-corrected chi connectivity index (χ2v) is 4.17. The zero-order chi connectivity index (χ0) is 13.1. The van der Waals surface area contributed by atoms with Crippen LogP contribution in [0, 0.1) is 6.92 Å². The molecule has 1 aromatic rings. The van der Waals surface area contributed by atoms with Crippen molar-refractivity contribution < 1.29 is 14.7 Å². The molecule has 1 atom stereocenters. The first-order chi connectivity index (χ1) is 8.56. The molecule has 0 aliphatic carbocycles. The second-order valence-electron chi connectivity index (χ2n) is 4.17. The van der Waals surface area contributed by atoms with Gasteiger partial charge in [0.2, 0.25) is 5.91 Å². The fourth-order valence-corrected chi connectivity index (χ4v) is 1.81. The molecule has 0 saturated carbocycles. The highest BCUT2D eigenvalue weighted by Gasteiger charge is 2.21. The number of nitrogens with one attached hydrogen (secondary N) is 2. The van der Waals surface area contributed by atoms with Gasteiger partial charge in [-0.05, 0) is 13.3 Å². The smallest absolute Gasteiger partial charge is 0.341 e. The lowest BCUT2D eigenvalue weighted by molar-refractivity contribution is -0.119. The van der Waals surface area contributed by atoms with Crippen molar-refractivity contribution in [3.05, 3.63) is 17.6 Å². The van der Waals surface area contributed by atoms with E-state index in [1.807, 2.05) is 0 Å². The molecule has 96 valence electrons. The maximum absolute atomic E-state index is 11.0. The minimum Gasteiger partial charge on any atom is -0.477 e.